The fraction of sp³-hybridized carbons (Fsp3) is 0.385. The van der Waals surface area contributed by atoms with Crippen molar-refractivity contribution in [1.29, 1.82) is 0 Å². The molecule has 2 rings (SSSR count). The van der Waals surface area contributed by atoms with Crippen molar-refractivity contribution in [3.8, 4) is 0 Å². The van der Waals surface area contributed by atoms with Gasteiger partial charge in [-0.1, -0.05) is 22.2 Å². The zero-order chi connectivity index (χ0) is 12.4. The third-order valence-corrected chi connectivity index (χ3v) is 3.80. The van der Waals surface area contributed by atoms with Crippen molar-refractivity contribution in [3.05, 3.63) is 45.5 Å². The van der Waals surface area contributed by atoms with Crippen LogP contribution in [-0.4, -0.2) is 9.59 Å². The molecular weight excluding hydrogens is 230 g/mol. The van der Waals surface area contributed by atoms with Crippen molar-refractivity contribution in [3.63, 3.8) is 0 Å². The molecule has 1 unspecified atom stereocenters. The van der Waals surface area contributed by atoms with E-state index in [2.05, 4.69) is 42.5 Å². The first-order valence-corrected chi connectivity index (χ1v) is 6.45. The second kappa shape index (κ2) is 4.94. The first-order valence-electron chi connectivity index (χ1n) is 5.67. The Morgan fingerprint density at radius 1 is 1.24 bits per heavy atom. The highest BCUT2D eigenvalue weighted by Gasteiger charge is 2.13. The minimum Gasteiger partial charge on any atom is -0.323 e. The quantitative estimate of drug-likeness (QED) is 0.907. The fourth-order valence-electron chi connectivity index (χ4n) is 2.19. The molecule has 90 valence electrons. The summed E-state index contributed by atoms with van der Waals surface area (Å²) in [6.45, 7) is 6.41. The van der Waals surface area contributed by atoms with Crippen LogP contribution in [-0.2, 0) is 6.42 Å². The van der Waals surface area contributed by atoms with Gasteiger partial charge in [0, 0.05) is 6.04 Å². The maximum absolute atomic E-state index is 6.18. The molecule has 2 aromatic rings. The zero-order valence-corrected chi connectivity index (χ0v) is 11.2. The summed E-state index contributed by atoms with van der Waals surface area (Å²) in [7, 11) is 0. The first kappa shape index (κ1) is 12.2. The monoisotopic (exact) mass is 247 g/mol. The van der Waals surface area contributed by atoms with E-state index in [-0.39, 0.29) is 6.04 Å². The van der Waals surface area contributed by atoms with E-state index in [1.165, 1.54) is 33.8 Å². The van der Waals surface area contributed by atoms with Crippen LogP contribution >= 0.6 is 11.5 Å². The Bertz CT molecular complexity index is 482. The van der Waals surface area contributed by atoms with Gasteiger partial charge in [0.1, 0.15) is 0 Å². The molecule has 1 aromatic heterocycles. The number of nitrogens with two attached hydrogens (primary N) is 1. The van der Waals surface area contributed by atoms with Gasteiger partial charge in [0.15, 0.2) is 0 Å². The van der Waals surface area contributed by atoms with Crippen LogP contribution in [0.15, 0.2) is 18.3 Å². The molecule has 0 spiro atoms. The van der Waals surface area contributed by atoms with Crippen LogP contribution in [0.3, 0.4) is 0 Å². The van der Waals surface area contributed by atoms with Crippen molar-refractivity contribution in [1.82, 2.24) is 9.59 Å². The molecular formula is C13H17N3S. The zero-order valence-electron chi connectivity index (χ0n) is 10.4. The van der Waals surface area contributed by atoms with Gasteiger partial charge in [-0.05, 0) is 55.4 Å². The third kappa shape index (κ3) is 2.70. The maximum atomic E-state index is 6.18. The topological polar surface area (TPSA) is 51.8 Å². The average molecular weight is 247 g/mol. The van der Waals surface area contributed by atoms with Gasteiger partial charge in [0.05, 0.1) is 11.1 Å². The van der Waals surface area contributed by atoms with E-state index >= 15 is 0 Å². The Morgan fingerprint density at radius 2 is 1.88 bits per heavy atom. The van der Waals surface area contributed by atoms with Crippen molar-refractivity contribution >= 4 is 11.5 Å². The van der Waals surface area contributed by atoms with Gasteiger partial charge >= 0.3 is 0 Å². The Balaban J connectivity index is 2.25. The van der Waals surface area contributed by atoms with Crippen LogP contribution in [0.4, 0.5) is 0 Å². The van der Waals surface area contributed by atoms with Crippen LogP contribution in [0.1, 0.15) is 33.2 Å². The summed E-state index contributed by atoms with van der Waals surface area (Å²) in [5, 5.41) is 3.83. The van der Waals surface area contributed by atoms with Crippen LogP contribution in [0.2, 0.25) is 0 Å². The molecule has 4 heteroatoms. The number of aromatic nitrogens is 2. The van der Waals surface area contributed by atoms with Gasteiger partial charge in [-0.15, -0.1) is 5.10 Å². The van der Waals surface area contributed by atoms with Crippen molar-refractivity contribution in [2.75, 3.05) is 0 Å². The predicted molar refractivity (Wildman–Crippen MR) is 71.2 cm³/mol. The van der Waals surface area contributed by atoms with Gasteiger partial charge in [-0.25, -0.2) is 0 Å². The molecule has 0 aliphatic carbocycles. The highest BCUT2D eigenvalue weighted by atomic mass is 32.1. The Morgan fingerprint density at radius 3 is 2.41 bits per heavy atom. The predicted octanol–water partition coefficient (Wildman–Crippen LogP) is 2.71. The summed E-state index contributed by atoms with van der Waals surface area (Å²) in [5.74, 6) is 0. The number of hydrogen-bond donors (Lipinski definition) is 1. The van der Waals surface area contributed by atoms with Gasteiger partial charge in [-0.3, -0.25) is 0 Å². The Hall–Kier alpha value is -1.26. The molecule has 0 aliphatic heterocycles. The lowest BCUT2D eigenvalue weighted by Crippen LogP contribution is -2.13. The molecule has 1 atom stereocenters. The standard InChI is InChI=1S/C13H17N3S/c1-8-4-9(2)11(10(3)5-8)6-12(14)13-7-15-16-17-13/h4-5,7,12H,6,14H2,1-3H3. The minimum absolute atomic E-state index is 0.00453. The average Bonchev–Trinajstić information content (AvgIpc) is 2.76. The van der Waals surface area contributed by atoms with Crippen LogP contribution in [0, 0.1) is 20.8 Å². The van der Waals surface area contributed by atoms with E-state index in [9.17, 15) is 0 Å². The smallest absolute Gasteiger partial charge is 0.0669 e. The molecule has 0 radical (unpaired) electrons. The second-order valence-electron chi connectivity index (χ2n) is 4.51. The number of aryl methyl sites for hydroxylation is 3. The fourth-order valence-corrected chi connectivity index (χ4v) is 2.69. The summed E-state index contributed by atoms with van der Waals surface area (Å²) in [4.78, 5) is 1.05. The van der Waals surface area contributed by atoms with E-state index in [1.807, 2.05) is 0 Å². The third-order valence-electron chi connectivity index (χ3n) is 3.01. The van der Waals surface area contributed by atoms with E-state index in [4.69, 9.17) is 5.73 Å². The molecule has 3 nitrogen and oxygen atoms in total. The van der Waals surface area contributed by atoms with Gasteiger partial charge in [0.2, 0.25) is 0 Å². The molecule has 0 bridgehead atoms. The number of nitrogens with zero attached hydrogens (tertiary/aromatic N) is 2. The number of rotatable bonds is 3. The second-order valence-corrected chi connectivity index (χ2v) is 5.33. The highest BCUT2D eigenvalue weighted by molar-refractivity contribution is 7.05. The van der Waals surface area contributed by atoms with Crippen LogP contribution in [0.25, 0.3) is 0 Å². The SMILES string of the molecule is Cc1cc(C)c(CC(N)c2cnns2)c(C)c1. The maximum Gasteiger partial charge on any atom is 0.0669 e. The number of benzene rings is 1. The summed E-state index contributed by atoms with van der Waals surface area (Å²) < 4.78 is 3.86. The molecule has 0 aliphatic rings. The van der Waals surface area contributed by atoms with Crippen molar-refractivity contribution < 1.29 is 0 Å². The largest absolute Gasteiger partial charge is 0.323 e. The lowest BCUT2D eigenvalue weighted by Gasteiger charge is -2.14. The van der Waals surface area contributed by atoms with Crippen molar-refractivity contribution in [2.24, 2.45) is 5.73 Å². The summed E-state index contributed by atoms with van der Waals surface area (Å²) >= 11 is 1.38. The molecule has 0 amide bonds. The summed E-state index contributed by atoms with van der Waals surface area (Å²) in [6.07, 6.45) is 2.61. The summed E-state index contributed by atoms with van der Waals surface area (Å²) in [6, 6.07) is 4.41. The molecule has 17 heavy (non-hydrogen) atoms. The van der Waals surface area contributed by atoms with Gasteiger partial charge in [0.25, 0.3) is 0 Å². The molecule has 0 fully saturated rings. The van der Waals surface area contributed by atoms with E-state index in [1.54, 1.807) is 6.20 Å². The lowest BCUT2D eigenvalue weighted by molar-refractivity contribution is 0.727. The van der Waals surface area contributed by atoms with E-state index < -0.39 is 0 Å². The van der Waals surface area contributed by atoms with Crippen LogP contribution in [0.5, 0.6) is 0 Å². The van der Waals surface area contributed by atoms with Crippen molar-refractivity contribution in [2.45, 2.75) is 33.2 Å². The molecule has 0 saturated heterocycles. The molecule has 2 N–H and O–H groups in total. The lowest BCUT2D eigenvalue weighted by atomic mass is 9.94. The van der Waals surface area contributed by atoms with Crippen LogP contribution < -0.4 is 5.73 Å². The normalized spacial score (nSPS) is 12.7. The molecule has 0 saturated carbocycles. The number of hydrogen-bond acceptors (Lipinski definition) is 4. The highest BCUT2D eigenvalue weighted by Crippen LogP contribution is 2.23. The first-order chi connectivity index (χ1) is 8.08. The van der Waals surface area contributed by atoms with E-state index in [0.717, 1.165) is 11.3 Å². The Labute approximate surface area is 106 Å². The van der Waals surface area contributed by atoms with Gasteiger partial charge < -0.3 is 5.73 Å². The minimum atomic E-state index is -0.00453. The van der Waals surface area contributed by atoms with Gasteiger partial charge in [-0.2, -0.15) is 0 Å². The van der Waals surface area contributed by atoms with E-state index in [0.29, 0.717) is 0 Å². The molecule has 1 aromatic carbocycles. The Kier molecular flexibility index (Phi) is 3.54. The summed E-state index contributed by atoms with van der Waals surface area (Å²) in [5.41, 5.74) is 11.5. The molecule has 1 heterocycles.